The molecule has 0 aromatic heterocycles. The zero-order valence-corrected chi connectivity index (χ0v) is 19.7. The van der Waals surface area contributed by atoms with E-state index in [1.54, 1.807) is 18.2 Å². The van der Waals surface area contributed by atoms with E-state index >= 15 is 0 Å². The van der Waals surface area contributed by atoms with Gasteiger partial charge >= 0.3 is 6.09 Å². The van der Waals surface area contributed by atoms with Crippen molar-refractivity contribution >= 4 is 33.2 Å². The molecule has 182 valence electrons. The molecule has 1 saturated heterocycles. The van der Waals surface area contributed by atoms with Crippen LogP contribution in [0.2, 0.25) is 0 Å². The summed E-state index contributed by atoms with van der Waals surface area (Å²) in [6, 6.07) is 10.9. The number of nitrogens with one attached hydrogen (secondary N) is 2. The van der Waals surface area contributed by atoms with E-state index in [1.807, 2.05) is 6.07 Å². The molecule has 1 aliphatic carbocycles. The van der Waals surface area contributed by atoms with Crippen molar-refractivity contribution in [1.29, 1.82) is 0 Å². The lowest BCUT2D eigenvalue weighted by atomic mass is 9.88. The molecule has 1 aliphatic heterocycles. The van der Waals surface area contributed by atoms with Crippen LogP contribution in [0.1, 0.15) is 38.2 Å². The molecule has 4 rings (SSSR count). The predicted molar refractivity (Wildman–Crippen MR) is 127 cm³/mol. The summed E-state index contributed by atoms with van der Waals surface area (Å²) >= 11 is 0. The summed E-state index contributed by atoms with van der Waals surface area (Å²) in [7, 11) is -3.87. The lowest BCUT2D eigenvalue weighted by molar-refractivity contribution is -0.384. The Hall–Kier alpha value is -3.18. The van der Waals surface area contributed by atoms with Crippen LogP contribution in [0.25, 0.3) is 0 Å². The molecule has 0 atom stereocenters. The first-order valence-corrected chi connectivity index (χ1v) is 12.8. The van der Waals surface area contributed by atoms with Gasteiger partial charge in [-0.2, -0.15) is 0 Å². The van der Waals surface area contributed by atoms with Crippen LogP contribution in [0.15, 0.2) is 47.4 Å². The molecule has 1 saturated carbocycles. The van der Waals surface area contributed by atoms with Crippen molar-refractivity contribution < 1.29 is 22.9 Å². The van der Waals surface area contributed by atoms with E-state index < -0.39 is 21.0 Å². The Morgan fingerprint density at radius 2 is 1.91 bits per heavy atom. The highest BCUT2D eigenvalue weighted by molar-refractivity contribution is 7.89. The number of cyclic esters (lactones) is 1. The number of ether oxygens (including phenoxy) is 1. The molecular weight excluding hydrogens is 460 g/mol. The fourth-order valence-corrected chi connectivity index (χ4v) is 5.63. The predicted octanol–water partition coefficient (Wildman–Crippen LogP) is 4.02. The fraction of sp³-hybridized carbons (Fsp3) is 0.435. The first-order chi connectivity index (χ1) is 16.2. The molecule has 0 radical (unpaired) electrons. The lowest BCUT2D eigenvalue weighted by Crippen LogP contribution is -2.37. The number of sulfonamides is 1. The van der Waals surface area contributed by atoms with Crippen LogP contribution in [-0.4, -0.2) is 38.6 Å². The third-order valence-corrected chi connectivity index (χ3v) is 7.80. The molecule has 2 fully saturated rings. The van der Waals surface area contributed by atoms with Gasteiger partial charge in [-0.3, -0.25) is 15.0 Å². The second kappa shape index (κ2) is 9.98. The monoisotopic (exact) mass is 488 g/mol. The maximum atomic E-state index is 12.8. The Morgan fingerprint density at radius 3 is 2.59 bits per heavy atom. The molecule has 2 aliphatic rings. The number of nitro groups is 1. The summed E-state index contributed by atoms with van der Waals surface area (Å²) in [4.78, 5) is 24.3. The van der Waals surface area contributed by atoms with Gasteiger partial charge < -0.3 is 10.1 Å². The number of nitrogens with zero attached hydrogens (tertiary/aromatic N) is 2. The second-order valence-corrected chi connectivity index (χ2v) is 10.5. The third-order valence-electron chi connectivity index (χ3n) is 6.28. The van der Waals surface area contributed by atoms with Crippen LogP contribution in [-0.2, 0) is 21.3 Å². The van der Waals surface area contributed by atoms with Crippen molar-refractivity contribution in [1.82, 2.24) is 4.72 Å². The van der Waals surface area contributed by atoms with E-state index in [1.165, 1.54) is 17.0 Å². The molecule has 2 N–H and O–H groups in total. The van der Waals surface area contributed by atoms with Gasteiger partial charge in [0.2, 0.25) is 10.0 Å². The van der Waals surface area contributed by atoms with E-state index in [2.05, 4.69) is 17.0 Å². The lowest BCUT2D eigenvalue weighted by Gasteiger charge is -2.26. The standard InChI is InChI=1S/C23H28N4O6S/c1-16-5-7-18(8-6-16)25-34(31,32)20-9-10-21(22(14-20)27(29)30)24-15-17-3-2-4-19(13-17)26-11-12-33-23(26)28/h2-4,9-10,13-14,16,18,24-25H,5-8,11-12,15H2,1H3. The quantitative estimate of drug-likeness (QED) is 0.424. The van der Waals surface area contributed by atoms with Crippen molar-refractivity contribution in [3.63, 3.8) is 0 Å². The number of hydrogen-bond acceptors (Lipinski definition) is 7. The van der Waals surface area contributed by atoms with Gasteiger partial charge in [0.15, 0.2) is 0 Å². The SMILES string of the molecule is CC1CCC(NS(=O)(=O)c2ccc(NCc3cccc(N4CCOC4=O)c3)c([N+](=O)[O-])c2)CC1. The molecule has 2 aromatic rings. The van der Waals surface area contributed by atoms with E-state index in [4.69, 9.17) is 4.74 Å². The Labute approximate surface area is 198 Å². The molecule has 0 unspecified atom stereocenters. The van der Waals surface area contributed by atoms with Gasteiger partial charge in [0.1, 0.15) is 12.3 Å². The third kappa shape index (κ3) is 5.48. The van der Waals surface area contributed by atoms with E-state index in [0.717, 1.165) is 37.3 Å². The molecule has 34 heavy (non-hydrogen) atoms. The number of anilines is 2. The highest BCUT2D eigenvalue weighted by Gasteiger charge is 2.27. The smallest absolute Gasteiger partial charge is 0.414 e. The van der Waals surface area contributed by atoms with Crippen molar-refractivity contribution in [2.45, 2.75) is 50.1 Å². The van der Waals surface area contributed by atoms with Crippen LogP contribution in [0, 0.1) is 16.0 Å². The molecule has 10 nitrogen and oxygen atoms in total. The Balaban J connectivity index is 1.48. The highest BCUT2D eigenvalue weighted by atomic mass is 32.2. The number of benzene rings is 2. The number of carbonyl (C=O) groups is 1. The first kappa shape index (κ1) is 24.0. The summed E-state index contributed by atoms with van der Waals surface area (Å²) in [5, 5.41) is 14.7. The van der Waals surface area contributed by atoms with Crippen LogP contribution in [0.4, 0.5) is 21.9 Å². The maximum Gasteiger partial charge on any atom is 0.414 e. The zero-order valence-electron chi connectivity index (χ0n) is 18.9. The second-order valence-electron chi connectivity index (χ2n) is 8.80. The maximum absolute atomic E-state index is 12.8. The minimum absolute atomic E-state index is 0.127. The normalized spacial score (nSPS) is 20.7. The molecule has 11 heteroatoms. The minimum atomic E-state index is -3.87. The molecule has 0 bridgehead atoms. The van der Waals surface area contributed by atoms with E-state index in [0.29, 0.717) is 24.8 Å². The summed E-state index contributed by atoms with van der Waals surface area (Å²) in [5.41, 5.74) is 1.37. The summed E-state index contributed by atoms with van der Waals surface area (Å²) in [6.07, 6.45) is 3.02. The van der Waals surface area contributed by atoms with Crippen molar-refractivity contribution in [3.8, 4) is 0 Å². The number of nitro benzene ring substituents is 1. The van der Waals surface area contributed by atoms with Gasteiger partial charge in [0.05, 0.1) is 16.4 Å². The first-order valence-electron chi connectivity index (χ1n) is 11.3. The van der Waals surface area contributed by atoms with E-state index in [9.17, 15) is 23.3 Å². The minimum Gasteiger partial charge on any atom is -0.447 e. The summed E-state index contributed by atoms with van der Waals surface area (Å²) in [5.74, 6) is 0.581. The molecule has 0 spiro atoms. The van der Waals surface area contributed by atoms with E-state index in [-0.39, 0.29) is 28.9 Å². The average Bonchev–Trinajstić information content (AvgIpc) is 3.25. The van der Waals surface area contributed by atoms with Gasteiger partial charge in [0.25, 0.3) is 5.69 Å². The average molecular weight is 489 g/mol. The fourth-order valence-electron chi connectivity index (χ4n) is 4.30. The number of rotatable bonds is 8. The Kier molecular flexibility index (Phi) is 7.03. The number of carbonyl (C=O) groups excluding carboxylic acids is 1. The largest absolute Gasteiger partial charge is 0.447 e. The van der Waals surface area contributed by atoms with Crippen molar-refractivity contribution in [2.24, 2.45) is 5.92 Å². The van der Waals surface area contributed by atoms with Gasteiger partial charge in [-0.25, -0.2) is 17.9 Å². The Morgan fingerprint density at radius 1 is 1.15 bits per heavy atom. The summed E-state index contributed by atoms with van der Waals surface area (Å²) in [6.45, 7) is 3.20. The van der Waals surface area contributed by atoms with Crippen molar-refractivity contribution in [3.05, 3.63) is 58.1 Å². The Bertz CT molecular complexity index is 1180. The zero-order chi connectivity index (χ0) is 24.3. The molecule has 2 aromatic carbocycles. The highest BCUT2D eigenvalue weighted by Crippen LogP contribution is 2.30. The van der Waals surface area contributed by atoms with Crippen LogP contribution in [0.5, 0.6) is 0 Å². The van der Waals surface area contributed by atoms with Crippen molar-refractivity contribution in [2.75, 3.05) is 23.4 Å². The topological polar surface area (TPSA) is 131 Å². The van der Waals surface area contributed by atoms with Crippen LogP contribution >= 0.6 is 0 Å². The van der Waals surface area contributed by atoms with Gasteiger partial charge in [-0.05, 0) is 61.4 Å². The van der Waals surface area contributed by atoms with Crippen LogP contribution < -0.4 is 14.9 Å². The van der Waals surface area contributed by atoms with Crippen LogP contribution in [0.3, 0.4) is 0 Å². The number of amides is 1. The summed E-state index contributed by atoms with van der Waals surface area (Å²) < 4.78 is 33.3. The van der Waals surface area contributed by atoms with Gasteiger partial charge in [-0.15, -0.1) is 0 Å². The molecular formula is C23H28N4O6S. The molecule has 1 amide bonds. The van der Waals surface area contributed by atoms with Gasteiger partial charge in [-0.1, -0.05) is 19.1 Å². The number of hydrogen-bond donors (Lipinski definition) is 2. The molecule has 1 heterocycles. The van der Waals surface area contributed by atoms with Gasteiger partial charge in [0, 0.05) is 24.3 Å².